The first kappa shape index (κ1) is 11.3. The van der Waals surface area contributed by atoms with Crippen molar-refractivity contribution in [1.29, 1.82) is 0 Å². The van der Waals surface area contributed by atoms with Gasteiger partial charge in [-0.15, -0.1) is 11.3 Å². The van der Waals surface area contributed by atoms with E-state index in [0.717, 1.165) is 18.7 Å². The van der Waals surface area contributed by atoms with Crippen molar-refractivity contribution in [3.8, 4) is 0 Å². The van der Waals surface area contributed by atoms with Gasteiger partial charge in [0.1, 0.15) is 5.82 Å². The van der Waals surface area contributed by atoms with Gasteiger partial charge in [0.15, 0.2) is 0 Å². The van der Waals surface area contributed by atoms with Crippen LogP contribution in [0.2, 0.25) is 0 Å². The topological polar surface area (TPSA) is 55.9 Å². The van der Waals surface area contributed by atoms with Gasteiger partial charge < -0.3 is 4.57 Å². The fourth-order valence-electron chi connectivity index (χ4n) is 1.68. The Bertz CT molecular complexity index is 421. The van der Waals surface area contributed by atoms with Gasteiger partial charge in [-0.3, -0.25) is 11.3 Å². The highest BCUT2D eigenvalue weighted by Crippen LogP contribution is 2.12. The van der Waals surface area contributed by atoms with Crippen molar-refractivity contribution in [2.45, 2.75) is 18.9 Å². The van der Waals surface area contributed by atoms with Gasteiger partial charge in [0, 0.05) is 36.8 Å². The monoisotopic (exact) mass is 236 g/mol. The molecule has 2 rings (SSSR count). The molecule has 2 heterocycles. The smallest absolute Gasteiger partial charge is 0.109 e. The molecular weight excluding hydrogens is 220 g/mol. The van der Waals surface area contributed by atoms with Crippen LogP contribution in [0.15, 0.2) is 29.9 Å². The molecule has 0 fully saturated rings. The van der Waals surface area contributed by atoms with Gasteiger partial charge >= 0.3 is 0 Å². The minimum atomic E-state index is 0.236. The predicted octanol–water partition coefficient (Wildman–Crippen LogP) is 1.10. The minimum absolute atomic E-state index is 0.236. The largest absolute Gasteiger partial charge is 0.338 e. The Morgan fingerprint density at radius 2 is 2.44 bits per heavy atom. The molecule has 0 aliphatic rings. The van der Waals surface area contributed by atoms with Crippen LogP contribution >= 0.6 is 11.3 Å². The van der Waals surface area contributed by atoms with E-state index in [1.54, 1.807) is 11.3 Å². The molecule has 0 aliphatic carbocycles. The maximum atomic E-state index is 5.57. The molecule has 0 radical (unpaired) electrons. The lowest BCUT2D eigenvalue weighted by Gasteiger charge is -2.14. The van der Waals surface area contributed by atoms with Crippen LogP contribution in [0.1, 0.15) is 10.7 Å². The van der Waals surface area contributed by atoms with Crippen LogP contribution in [0.5, 0.6) is 0 Å². The van der Waals surface area contributed by atoms with E-state index >= 15 is 0 Å². The maximum absolute atomic E-state index is 5.57. The van der Waals surface area contributed by atoms with Crippen molar-refractivity contribution in [1.82, 2.24) is 15.0 Å². The number of nitrogens with zero attached hydrogens (tertiary/aromatic N) is 2. The molecule has 16 heavy (non-hydrogen) atoms. The Morgan fingerprint density at radius 1 is 1.56 bits per heavy atom. The lowest BCUT2D eigenvalue weighted by molar-refractivity contribution is 0.507. The second-order valence-corrected chi connectivity index (χ2v) is 4.84. The molecule has 3 N–H and O–H groups in total. The number of hydrazine groups is 1. The summed E-state index contributed by atoms with van der Waals surface area (Å²) in [5, 5.41) is 2.09. The molecule has 0 amide bonds. The molecule has 0 bridgehead atoms. The third kappa shape index (κ3) is 2.69. The summed E-state index contributed by atoms with van der Waals surface area (Å²) in [6.07, 6.45) is 5.56. The lowest BCUT2D eigenvalue weighted by Crippen LogP contribution is -2.38. The van der Waals surface area contributed by atoms with Gasteiger partial charge in [0.25, 0.3) is 0 Å². The van der Waals surface area contributed by atoms with Crippen LogP contribution in [-0.4, -0.2) is 15.6 Å². The van der Waals surface area contributed by atoms with Crippen molar-refractivity contribution in [2.24, 2.45) is 12.9 Å². The highest BCUT2D eigenvalue weighted by Gasteiger charge is 2.11. The number of rotatable bonds is 5. The number of thiophene rings is 1. The van der Waals surface area contributed by atoms with Crippen LogP contribution in [-0.2, 0) is 19.9 Å². The average molecular weight is 236 g/mol. The van der Waals surface area contributed by atoms with Crippen LogP contribution in [0, 0.1) is 0 Å². The maximum Gasteiger partial charge on any atom is 0.109 e. The van der Waals surface area contributed by atoms with Crippen LogP contribution < -0.4 is 11.3 Å². The van der Waals surface area contributed by atoms with E-state index in [9.17, 15) is 0 Å². The van der Waals surface area contributed by atoms with Gasteiger partial charge in [-0.25, -0.2) is 4.98 Å². The quantitative estimate of drug-likeness (QED) is 0.604. The number of hydrogen-bond acceptors (Lipinski definition) is 4. The summed E-state index contributed by atoms with van der Waals surface area (Å²) in [7, 11) is 2.00. The summed E-state index contributed by atoms with van der Waals surface area (Å²) in [5.74, 6) is 6.63. The zero-order valence-electron chi connectivity index (χ0n) is 9.26. The van der Waals surface area contributed by atoms with Crippen molar-refractivity contribution in [2.75, 3.05) is 0 Å². The normalized spacial score (nSPS) is 12.9. The van der Waals surface area contributed by atoms with Gasteiger partial charge in [-0.1, -0.05) is 6.07 Å². The molecule has 0 aliphatic heterocycles. The molecule has 0 spiro atoms. The van der Waals surface area contributed by atoms with Crippen LogP contribution in [0.25, 0.3) is 0 Å². The second-order valence-electron chi connectivity index (χ2n) is 3.81. The van der Waals surface area contributed by atoms with E-state index in [0.29, 0.717) is 0 Å². The highest BCUT2D eigenvalue weighted by molar-refractivity contribution is 7.09. The van der Waals surface area contributed by atoms with Crippen LogP contribution in [0.4, 0.5) is 0 Å². The number of nitrogens with two attached hydrogens (primary N) is 1. The third-order valence-electron chi connectivity index (χ3n) is 2.61. The van der Waals surface area contributed by atoms with Crippen molar-refractivity contribution in [3.63, 3.8) is 0 Å². The van der Waals surface area contributed by atoms with E-state index in [2.05, 4.69) is 27.9 Å². The summed E-state index contributed by atoms with van der Waals surface area (Å²) >= 11 is 1.76. The third-order valence-corrected chi connectivity index (χ3v) is 3.51. The van der Waals surface area contributed by atoms with Gasteiger partial charge in [-0.05, 0) is 17.9 Å². The molecule has 4 nitrogen and oxygen atoms in total. The number of aromatic nitrogens is 2. The van der Waals surface area contributed by atoms with E-state index < -0.39 is 0 Å². The molecule has 0 saturated carbocycles. The summed E-state index contributed by atoms with van der Waals surface area (Å²) in [5.41, 5.74) is 2.86. The Balaban J connectivity index is 1.98. The molecule has 2 aromatic rings. The number of hydrogen-bond donors (Lipinski definition) is 2. The first-order chi connectivity index (χ1) is 7.79. The standard InChI is InChI=1S/C11H16N4S/c1-15-5-4-13-11(15)8-9(14-12)7-10-3-2-6-16-10/h2-6,9,14H,7-8,12H2,1H3. The van der Waals surface area contributed by atoms with Gasteiger partial charge in [-0.2, -0.15) is 0 Å². The Hall–Kier alpha value is -1.17. The van der Waals surface area contributed by atoms with Crippen molar-refractivity contribution >= 4 is 11.3 Å². The van der Waals surface area contributed by atoms with Gasteiger partial charge in [0.05, 0.1) is 0 Å². The predicted molar refractivity (Wildman–Crippen MR) is 66.0 cm³/mol. The molecular formula is C11H16N4S. The molecule has 1 unspecified atom stereocenters. The molecule has 86 valence electrons. The molecule has 1 atom stereocenters. The Labute approximate surface area is 99.1 Å². The SMILES string of the molecule is Cn1ccnc1CC(Cc1cccs1)NN. The fourth-order valence-corrected chi connectivity index (χ4v) is 2.46. The second kappa shape index (κ2) is 5.25. The molecule has 2 aromatic heterocycles. The Morgan fingerprint density at radius 3 is 3.00 bits per heavy atom. The molecule has 0 saturated heterocycles. The first-order valence-electron chi connectivity index (χ1n) is 5.24. The molecule has 5 heteroatoms. The zero-order valence-corrected chi connectivity index (χ0v) is 10.1. The van der Waals surface area contributed by atoms with E-state index in [-0.39, 0.29) is 6.04 Å². The number of imidazole rings is 1. The highest BCUT2D eigenvalue weighted by atomic mass is 32.1. The fraction of sp³-hybridized carbons (Fsp3) is 0.364. The summed E-state index contributed by atoms with van der Waals surface area (Å²) < 4.78 is 2.03. The van der Waals surface area contributed by atoms with E-state index in [1.807, 2.05) is 24.0 Å². The summed E-state index contributed by atoms with van der Waals surface area (Å²) in [6.45, 7) is 0. The van der Waals surface area contributed by atoms with Crippen molar-refractivity contribution < 1.29 is 0 Å². The van der Waals surface area contributed by atoms with Gasteiger partial charge in [0.2, 0.25) is 0 Å². The van der Waals surface area contributed by atoms with E-state index in [1.165, 1.54) is 4.88 Å². The minimum Gasteiger partial charge on any atom is -0.338 e. The number of nitrogens with one attached hydrogen (secondary N) is 1. The number of aryl methyl sites for hydroxylation is 1. The lowest BCUT2D eigenvalue weighted by atomic mass is 10.1. The zero-order chi connectivity index (χ0) is 11.4. The summed E-state index contributed by atoms with van der Waals surface area (Å²) in [6, 6.07) is 4.43. The average Bonchev–Trinajstić information content (AvgIpc) is 2.90. The first-order valence-corrected chi connectivity index (χ1v) is 6.12. The Kier molecular flexibility index (Phi) is 3.71. The van der Waals surface area contributed by atoms with Crippen LogP contribution in [0.3, 0.4) is 0 Å². The summed E-state index contributed by atoms with van der Waals surface area (Å²) in [4.78, 5) is 5.65. The molecule has 0 aromatic carbocycles. The van der Waals surface area contributed by atoms with E-state index in [4.69, 9.17) is 5.84 Å². The van der Waals surface area contributed by atoms with Crippen molar-refractivity contribution in [3.05, 3.63) is 40.6 Å².